The molecule has 3 rings (SSSR count). The quantitative estimate of drug-likeness (QED) is 0.572. The largest absolute Gasteiger partial charge is 0.508 e. The van der Waals surface area contributed by atoms with Crippen LogP contribution < -0.4 is 10.1 Å². The number of ether oxygens (including phenoxy) is 1. The molecule has 0 spiro atoms. The summed E-state index contributed by atoms with van der Waals surface area (Å²) in [4.78, 5) is 8.68. The van der Waals surface area contributed by atoms with Gasteiger partial charge >= 0.3 is 6.01 Å². The molecule has 28 heavy (non-hydrogen) atoms. The summed E-state index contributed by atoms with van der Waals surface area (Å²) in [5.41, 5.74) is 3.68. The third-order valence-corrected chi connectivity index (χ3v) is 4.29. The predicted molar refractivity (Wildman–Crippen MR) is 115 cm³/mol. The summed E-state index contributed by atoms with van der Waals surface area (Å²) in [5, 5.41) is 13.7. The fraction of sp³-hybridized carbons (Fsp3) is 0.273. The number of aryl methyl sites for hydroxylation is 1. The first-order valence-corrected chi connectivity index (χ1v) is 9.64. The topological polar surface area (TPSA) is 67.3 Å². The van der Waals surface area contributed by atoms with Gasteiger partial charge in [-0.1, -0.05) is 49.7 Å². The molecule has 0 unspecified atom stereocenters. The minimum atomic E-state index is 0.184. The second-order valence-electron chi connectivity index (χ2n) is 5.95. The second kappa shape index (κ2) is 10.5. The van der Waals surface area contributed by atoms with E-state index in [0.717, 1.165) is 28.1 Å². The van der Waals surface area contributed by atoms with Gasteiger partial charge in [0.15, 0.2) is 0 Å². The van der Waals surface area contributed by atoms with E-state index in [1.165, 1.54) is 7.11 Å². The molecule has 0 saturated heterocycles. The van der Waals surface area contributed by atoms with Gasteiger partial charge in [0, 0.05) is 23.2 Å². The van der Waals surface area contributed by atoms with Gasteiger partial charge < -0.3 is 15.2 Å². The summed E-state index contributed by atoms with van der Waals surface area (Å²) in [6.45, 7) is 6.69. The molecule has 0 saturated carbocycles. The molecule has 0 bridgehead atoms. The molecule has 5 nitrogen and oxygen atoms in total. The smallest absolute Gasteiger partial charge is 0.318 e. The van der Waals surface area contributed by atoms with Gasteiger partial charge in [-0.2, -0.15) is 9.97 Å². The Bertz CT molecular complexity index is 916. The molecule has 2 N–H and O–H groups in total. The Morgan fingerprint density at radius 1 is 1.07 bits per heavy atom. The van der Waals surface area contributed by atoms with Crippen molar-refractivity contribution < 1.29 is 9.84 Å². The van der Waals surface area contributed by atoms with Gasteiger partial charge in [0.2, 0.25) is 0 Å². The van der Waals surface area contributed by atoms with E-state index >= 15 is 0 Å². The third kappa shape index (κ3) is 5.86. The molecular weight excluding hydrogens is 374 g/mol. The van der Waals surface area contributed by atoms with Crippen molar-refractivity contribution in [2.24, 2.45) is 0 Å². The molecule has 0 radical (unpaired) electrons. The SMILES string of the molecule is CC.COc1nc(NCCc2ccc(C)cc2Cl)cc(-c2cccc(O)c2)n1. The number of methoxy groups -OCH3 is 1. The van der Waals surface area contributed by atoms with E-state index in [2.05, 4.69) is 21.4 Å². The van der Waals surface area contributed by atoms with Crippen molar-refractivity contribution in [3.05, 3.63) is 64.7 Å². The number of aromatic hydroxyl groups is 1. The number of nitrogens with one attached hydrogen (secondary N) is 1. The minimum absolute atomic E-state index is 0.184. The van der Waals surface area contributed by atoms with E-state index in [-0.39, 0.29) is 11.8 Å². The number of phenolic OH excluding ortho intramolecular Hbond substituents is 1. The van der Waals surface area contributed by atoms with E-state index < -0.39 is 0 Å². The monoisotopic (exact) mass is 399 g/mol. The van der Waals surface area contributed by atoms with Gasteiger partial charge in [0.1, 0.15) is 11.6 Å². The van der Waals surface area contributed by atoms with Crippen LogP contribution in [0.15, 0.2) is 48.5 Å². The normalized spacial score (nSPS) is 10.0. The number of hydrogen-bond acceptors (Lipinski definition) is 5. The highest BCUT2D eigenvalue weighted by Gasteiger charge is 2.08. The van der Waals surface area contributed by atoms with E-state index in [1.54, 1.807) is 18.2 Å². The maximum Gasteiger partial charge on any atom is 0.318 e. The van der Waals surface area contributed by atoms with Gasteiger partial charge in [-0.3, -0.25) is 0 Å². The lowest BCUT2D eigenvalue weighted by molar-refractivity contribution is 0.381. The number of hydrogen-bond donors (Lipinski definition) is 2. The molecule has 0 aliphatic rings. The second-order valence-corrected chi connectivity index (χ2v) is 6.35. The number of aromatic nitrogens is 2. The first-order chi connectivity index (χ1) is 13.5. The number of halogens is 1. The molecule has 1 heterocycles. The average molecular weight is 400 g/mol. The number of benzene rings is 2. The zero-order valence-electron chi connectivity index (χ0n) is 16.7. The summed E-state index contributed by atoms with van der Waals surface area (Å²) < 4.78 is 5.20. The van der Waals surface area contributed by atoms with Gasteiger partial charge in [-0.15, -0.1) is 0 Å². The van der Waals surface area contributed by atoms with E-state index in [9.17, 15) is 5.11 Å². The molecule has 0 atom stereocenters. The number of rotatable bonds is 6. The first kappa shape index (κ1) is 21.5. The Labute approximate surface area is 171 Å². The van der Waals surface area contributed by atoms with E-state index in [0.29, 0.717) is 18.1 Å². The molecule has 0 aliphatic carbocycles. The Kier molecular flexibility index (Phi) is 8.08. The number of nitrogens with zero attached hydrogens (tertiary/aromatic N) is 2. The van der Waals surface area contributed by atoms with Gasteiger partial charge in [-0.05, 0) is 42.7 Å². The van der Waals surface area contributed by atoms with Crippen molar-refractivity contribution in [2.45, 2.75) is 27.2 Å². The predicted octanol–water partition coefficient (Wildman–Crippen LogP) is 5.50. The van der Waals surface area contributed by atoms with Crippen LogP contribution in [0, 0.1) is 6.92 Å². The van der Waals surface area contributed by atoms with Crippen molar-refractivity contribution in [3.63, 3.8) is 0 Å². The minimum Gasteiger partial charge on any atom is -0.508 e. The van der Waals surface area contributed by atoms with Crippen molar-refractivity contribution in [3.8, 4) is 23.0 Å². The lowest BCUT2D eigenvalue weighted by atomic mass is 10.1. The third-order valence-electron chi connectivity index (χ3n) is 3.94. The first-order valence-electron chi connectivity index (χ1n) is 9.26. The van der Waals surface area contributed by atoms with Crippen molar-refractivity contribution in [2.75, 3.05) is 19.0 Å². The van der Waals surface area contributed by atoms with Gasteiger partial charge in [0.05, 0.1) is 12.8 Å². The Hall–Kier alpha value is -2.79. The zero-order valence-corrected chi connectivity index (χ0v) is 17.4. The Morgan fingerprint density at radius 2 is 1.86 bits per heavy atom. The Morgan fingerprint density at radius 3 is 2.54 bits per heavy atom. The average Bonchev–Trinajstić information content (AvgIpc) is 2.71. The fourth-order valence-electron chi connectivity index (χ4n) is 2.60. The fourth-order valence-corrected chi connectivity index (χ4v) is 2.93. The summed E-state index contributed by atoms with van der Waals surface area (Å²) >= 11 is 6.28. The molecule has 148 valence electrons. The number of anilines is 1. The Balaban J connectivity index is 0.00000136. The van der Waals surface area contributed by atoms with E-state index in [4.69, 9.17) is 16.3 Å². The highest BCUT2D eigenvalue weighted by atomic mass is 35.5. The van der Waals surface area contributed by atoms with Crippen LogP contribution in [-0.2, 0) is 6.42 Å². The van der Waals surface area contributed by atoms with Crippen LogP contribution >= 0.6 is 11.6 Å². The molecule has 6 heteroatoms. The van der Waals surface area contributed by atoms with Crippen LogP contribution in [-0.4, -0.2) is 28.7 Å². The van der Waals surface area contributed by atoms with Crippen LogP contribution in [0.5, 0.6) is 11.8 Å². The van der Waals surface area contributed by atoms with Crippen LogP contribution in [0.2, 0.25) is 5.02 Å². The maximum atomic E-state index is 9.68. The molecule has 3 aromatic rings. The van der Waals surface area contributed by atoms with Crippen molar-refractivity contribution >= 4 is 17.4 Å². The highest BCUT2D eigenvalue weighted by Crippen LogP contribution is 2.25. The molecule has 2 aromatic carbocycles. The van der Waals surface area contributed by atoms with Crippen LogP contribution in [0.25, 0.3) is 11.3 Å². The van der Waals surface area contributed by atoms with Gasteiger partial charge in [0.25, 0.3) is 0 Å². The van der Waals surface area contributed by atoms with Crippen LogP contribution in [0.1, 0.15) is 25.0 Å². The summed E-state index contributed by atoms with van der Waals surface area (Å²) in [6.07, 6.45) is 0.771. The highest BCUT2D eigenvalue weighted by molar-refractivity contribution is 6.31. The zero-order chi connectivity index (χ0) is 20.5. The summed E-state index contributed by atoms with van der Waals surface area (Å²) in [7, 11) is 1.53. The van der Waals surface area contributed by atoms with Crippen LogP contribution in [0.3, 0.4) is 0 Å². The van der Waals surface area contributed by atoms with Gasteiger partial charge in [-0.25, -0.2) is 0 Å². The molecule has 0 fully saturated rings. The van der Waals surface area contributed by atoms with Crippen molar-refractivity contribution in [1.82, 2.24) is 9.97 Å². The number of phenols is 1. The van der Waals surface area contributed by atoms with Crippen molar-refractivity contribution in [1.29, 1.82) is 0 Å². The standard InChI is InChI=1S/C20H20ClN3O2.C2H6/c1-13-6-7-14(17(21)10-13)8-9-22-19-12-18(23-20(24-19)26-2)15-4-3-5-16(25)11-15;1-2/h3-7,10-12,25H,8-9H2,1-2H3,(H,22,23,24);1-2H3. The maximum absolute atomic E-state index is 9.68. The summed E-state index contributed by atoms with van der Waals surface area (Å²) in [6, 6.07) is 15.1. The molecule has 1 aromatic heterocycles. The molecular formula is C22H26ClN3O2. The lowest BCUT2D eigenvalue weighted by Crippen LogP contribution is -2.08. The summed E-state index contributed by atoms with van der Waals surface area (Å²) in [5.74, 6) is 0.835. The lowest BCUT2D eigenvalue weighted by Gasteiger charge is -2.10. The molecule has 0 amide bonds. The van der Waals surface area contributed by atoms with E-state index in [1.807, 2.05) is 45.0 Å². The van der Waals surface area contributed by atoms with Crippen LogP contribution in [0.4, 0.5) is 5.82 Å². The molecule has 0 aliphatic heterocycles.